The van der Waals surface area contributed by atoms with E-state index in [0.717, 1.165) is 5.56 Å². The van der Waals surface area contributed by atoms with Crippen LogP contribution in [0.1, 0.15) is 30.0 Å². The average Bonchev–Trinajstić information content (AvgIpc) is 3.18. The van der Waals surface area contributed by atoms with Crippen molar-refractivity contribution in [3.8, 4) is 17.5 Å². The molecule has 3 aromatic rings. The van der Waals surface area contributed by atoms with Gasteiger partial charge in [-0.1, -0.05) is 17.3 Å². The summed E-state index contributed by atoms with van der Waals surface area (Å²) >= 11 is 0. The van der Waals surface area contributed by atoms with Crippen molar-refractivity contribution in [3.05, 3.63) is 77.4 Å². The van der Waals surface area contributed by atoms with Gasteiger partial charge in [0, 0.05) is 11.6 Å². The molecular weight excluding hydrogens is 347 g/mol. The Hall–Kier alpha value is -3.79. The molecule has 1 aromatic heterocycles. The molecule has 0 saturated carbocycles. The summed E-state index contributed by atoms with van der Waals surface area (Å²) in [7, 11) is 0. The monoisotopic (exact) mass is 362 g/mol. The molecule has 2 aromatic carbocycles. The molecule has 7 heteroatoms. The summed E-state index contributed by atoms with van der Waals surface area (Å²) in [6.07, 6.45) is 3.02. The van der Waals surface area contributed by atoms with Crippen LogP contribution in [0.15, 0.2) is 59.1 Å². The van der Waals surface area contributed by atoms with E-state index in [4.69, 9.17) is 9.78 Å². The molecule has 0 spiro atoms. The Morgan fingerprint density at radius 3 is 2.59 bits per heavy atom. The Labute approximate surface area is 155 Å². The first-order chi connectivity index (χ1) is 13.0. The average molecular weight is 362 g/mol. The van der Waals surface area contributed by atoms with E-state index in [1.165, 1.54) is 18.2 Å². The van der Waals surface area contributed by atoms with Gasteiger partial charge < -0.3 is 9.84 Å². The van der Waals surface area contributed by atoms with Crippen LogP contribution in [0.4, 0.5) is 4.39 Å². The van der Waals surface area contributed by atoms with Crippen LogP contribution < -0.4 is 5.32 Å². The van der Waals surface area contributed by atoms with Crippen LogP contribution in [-0.2, 0) is 4.79 Å². The van der Waals surface area contributed by atoms with Crippen LogP contribution in [0, 0.1) is 17.1 Å². The summed E-state index contributed by atoms with van der Waals surface area (Å²) in [6.45, 7) is 1.72. The summed E-state index contributed by atoms with van der Waals surface area (Å²) in [5.41, 5.74) is 1.97. The lowest BCUT2D eigenvalue weighted by Gasteiger charge is -2.06. The van der Waals surface area contributed by atoms with Crippen molar-refractivity contribution in [2.45, 2.75) is 13.0 Å². The number of hydrogen-bond acceptors (Lipinski definition) is 5. The van der Waals surface area contributed by atoms with Gasteiger partial charge in [-0.3, -0.25) is 4.79 Å². The van der Waals surface area contributed by atoms with E-state index in [2.05, 4.69) is 15.5 Å². The predicted octanol–water partition coefficient (Wildman–Crippen LogP) is 3.64. The summed E-state index contributed by atoms with van der Waals surface area (Å²) in [4.78, 5) is 16.3. The van der Waals surface area contributed by atoms with Crippen molar-refractivity contribution >= 4 is 12.0 Å². The summed E-state index contributed by atoms with van der Waals surface area (Å²) < 4.78 is 18.2. The molecule has 1 unspecified atom stereocenters. The molecule has 0 aliphatic rings. The molecular formula is C20H15FN4O2. The Kier molecular flexibility index (Phi) is 5.38. The van der Waals surface area contributed by atoms with E-state index < -0.39 is 6.04 Å². The fourth-order valence-corrected chi connectivity index (χ4v) is 2.29. The Bertz CT molecular complexity index is 1000. The van der Waals surface area contributed by atoms with Crippen molar-refractivity contribution in [3.63, 3.8) is 0 Å². The van der Waals surface area contributed by atoms with Crippen molar-refractivity contribution < 1.29 is 13.7 Å². The number of nitrogens with zero attached hydrogens (tertiary/aromatic N) is 3. The first-order valence-corrected chi connectivity index (χ1v) is 8.13. The van der Waals surface area contributed by atoms with Crippen LogP contribution in [0.2, 0.25) is 0 Å². The quantitative estimate of drug-likeness (QED) is 0.700. The normalized spacial score (nSPS) is 11.9. The number of nitrogens with one attached hydrogen (secondary N) is 1. The molecule has 27 heavy (non-hydrogen) atoms. The molecule has 0 aliphatic heterocycles. The molecule has 0 aliphatic carbocycles. The second-order valence-electron chi connectivity index (χ2n) is 5.76. The topological polar surface area (TPSA) is 91.8 Å². The van der Waals surface area contributed by atoms with Crippen LogP contribution >= 0.6 is 0 Å². The summed E-state index contributed by atoms with van der Waals surface area (Å²) in [5, 5.41) is 15.4. The van der Waals surface area contributed by atoms with E-state index in [1.54, 1.807) is 49.4 Å². The van der Waals surface area contributed by atoms with Crippen LogP contribution in [0.25, 0.3) is 17.5 Å². The molecule has 1 heterocycles. The summed E-state index contributed by atoms with van der Waals surface area (Å²) in [5.74, 6) is -0.112. The molecule has 134 valence electrons. The molecule has 1 atom stereocenters. The third-order valence-electron chi connectivity index (χ3n) is 3.74. The van der Waals surface area contributed by atoms with Gasteiger partial charge in [0.15, 0.2) is 0 Å². The number of halogens is 1. The highest BCUT2D eigenvalue weighted by molar-refractivity contribution is 5.91. The highest BCUT2D eigenvalue weighted by Gasteiger charge is 2.16. The Balaban J connectivity index is 1.62. The molecule has 0 saturated heterocycles. The third-order valence-corrected chi connectivity index (χ3v) is 3.74. The number of rotatable bonds is 5. The van der Waals surface area contributed by atoms with Gasteiger partial charge in [-0.2, -0.15) is 10.2 Å². The molecule has 0 radical (unpaired) electrons. The zero-order valence-electron chi connectivity index (χ0n) is 14.4. The fraction of sp³-hybridized carbons (Fsp3) is 0.100. The fourth-order valence-electron chi connectivity index (χ4n) is 2.29. The van der Waals surface area contributed by atoms with Gasteiger partial charge in [0.2, 0.25) is 17.6 Å². The Morgan fingerprint density at radius 2 is 1.93 bits per heavy atom. The van der Waals surface area contributed by atoms with E-state index in [-0.39, 0.29) is 17.6 Å². The smallest absolute Gasteiger partial charge is 0.249 e. The van der Waals surface area contributed by atoms with Gasteiger partial charge in [0.25, 0.3) is 0 Å². The number of carbonyl (C=O) groups is 1. The number of nitriles is 1. The van der Waals surface area contributed by atoms with E-state index in [9.17, 15) is 9.18 Å². The number of benzene rings is 2. The second-order valence-corrected chi connectivity index (χ2v) is 5.76. The van der Waals surface area contributed by atoms with Crippen molar-refractivity contribution in [1.29, 1.82) is 5.26 Å². The van der Waals surface area contributed by atoms with Crippen molar-refractivity contribution in [1.82, 2.24) is 15.5 Å². The lowest BCUT2D eigenvalue weighted by atomic mass is 10.1. The SMILES string of the molecule is CC(NC(=O)/C=C/c1ccc(C#N)cc1)c1nc(-c2ccc(F)cc2)no1. The van der Waals surface area contributed by atoms with Gasteiger partial charge in [0.05, 0.1) is 11.6 Å². The number of amides is 1. The zero-order valence-corrected chi connectivity index (χ0v) is 14.4. The van der Waals surface area contributed by atoms with Gasteiger partial charge in [-0.05, 0) is 55.0 Å². The first kappa shape index (κ1) is 18.0. The highest BCUT2D eigenvalue weighted by Crippen LogP contribution is 2.19. The molecule has 1 N–H and O–H groups in total. The molecule has 0 fully saturated rings. The largest absolute Gasteiger partial charge is 0.341 e. The maximum absolute atomic E-state index is 13.0. The third kappa shape index (κ3) is 4.64. The van der Waals surface area contributed by atoms with E-state index in [0.29, 0.717) is 17.0 Å². The Morgan fingerprint density at radius 1 is 1.22 bits per heavy atom. The van der Waals surface area contributed by atoms with Crippen LogP contribution in [0.5, 0.6) is 0 Å². The predicted molar refractivity (Wildman–Crippen MR) is 96.4 cm³/mol. The van der Waals surface area contributed by atoms with Crippen LogP contribution in [0.3, 0.4) is 0 Å². The van der Waals surface area contributed by atoms with Gasteiger partial charge >= 0.3 is 0 Å². The van der Waals surface area contributed by atoms with Gasteiger partial charge in [-0.25, -0.2) is 4.39 Å². The zero-order chi connectivity index (χ0) is 19.2. The molecule has 1 amide bonds. The standard InChI is InChI=1S/C20H15FN4O2/c1-13(20-24-19(25-27-20)16-7-9-17(21)10-8-16)23-18(26)11-6-14-2-4-15(12-22)5-3-14/h2-11,13H,1H3,(H,23,26)/b11-6+. The van der Waals surface area contributed by atoms with Crippen LogP contribution in [-0.4, -0.2) is 16.0 Å². The van der Waals surface area contributed by atoms with E-state index in [1.807, 2.05) is 6.07 Å². The van der Waals surface area contributed by atoms with Crippen molar-refractivity contribution in [2.24, 2.45) is 0 Å². The van der Waals surface area contributed by atoms with Gasteiger partial charge in [-0.15, -0.1) is 0 Å². The molecule has 0 bridgehead atoms. The number of carbonyl (C=O) groups excluding carboxylic acids is 1. The van der Waals surface area contributed by atoms with Crippen molar-refractivity contribution in [2.75, 3.05) is 0 Å². The first-order valence-electron chi connectivity index (χ1n) is 8.13. The number of aromatic nitrogens is 2. The summed E-state index contributed by atoms with van der Waals surface area (Å²) in [6, 6.07) is 14.1. The lowest BCUT2D eigenvalue weighted by molar-refractivity contribution is -0.117. The minimum absolute atomic E-state index is 0.245. The number of hydrogen-bond donors (Lipinski definition) is 1. The molecule has 6 nitrogen and oxygen atoms in total. The minimum atomic E-state index is -0.496. The maximum Gasteiger partial charge on any atom is 0.249 e. The minimum Gasteiger partial charge on any atom is -0.341 e. The van der Waals surface area contributed by atoms with E-state index >= 15 is 0 Å². The van der Waals surface area contributed by atoms with Gasteiger partial charge in [0.1, 0.15) is 11.9 Å². The lowest BCUT2D eigenvalue weighted by Crippen LogP contribution is -2.24. The highest BCUT2D eigenvalue weighted by atomic mass is 19.1. The second kappa shape index (κ2) is 8.06. The molecule has 3 rings (SSSR count). The maximum atomic E-state index is 13.0.